The highest BCUT2D eigenvalue weighted by Crippen LogP contribution is 2.43. The number of urea groups is 1. The second-order valence-electron chi connectivity index (χ2n) is 21.8. The molecule has 3 aromatic heterocycles. The molecular weight excluding hydrogens is 935 g/mol. The quantitative estimate of drug-likeness (QED) is 0.182. The van der Waals surface area contributed by atoms with Gasteiger partial charge < -0.3 is 44.1 Å². The van der Waals surface area contributed by atoms with Crippen LogP contribution in [-0.4, -0.2) is 179 Å². The molecule has 18 nitrogen and oxygen atoms in total. The number of ether oxygens (including phenoxy) is 2. The van der Waals surface area contributed by atoms with Crippen molar-refractivity contribution >= 4 is 51.7 Å². The van der Waals surface area contributed by atoms with Crippen LogP contribution in [0.25, 0.3) is 33.4 Å². The van der Waals surface area contributed by atoms with E-state index in [1.165, 1.54) is 21.2 Å². The minimum atomic E-state index is -2.22. The Labute approximate surface area is 429 Å². The highest BCUT2D eigenvalue weighted by Gasteiger charge is 2.46. The number of carbonyl (C=O) groups excluding carboxylic acids is 4. The number of aromatic nitrogens is 3. The number of methoxy groups -OCH3 is 1. The van der Waals surface area contributed by atoms with Gasteiger partial charge in [0.1, 0.15) is 12.1 Å². The summed E-state index contributed by atoms with van der Waals surface area (Å²) in [6.45, 7) is 21.8. The van der Waals surface area contributed by atoms with Crippen molar-refractivity contribution in [2.75, 3.05) is 85.6 Å². The van der Waals surface area contributed by atoms with Gasteiger partial charge in [-0.2, -0.15) is 5.43 Å². The molecule has 3 fully saturated rings. The first-order valence-electron chi connectivity index (χ1n) is 25.7. The number of amides is 4. The van der Waals surface area contributed by atoms with Crippen LogP contribution in [-0.2, 0) is 43.2 Å². The van der Waals surface area contributed by atoms with Crippen LogP contribution in [0.3, 0.4) is 0 Å². The summed E-state index contributed by atoms with van der Waals surface area (Å²) < 4.78 is 14.4. The van der Waals surface area contributed by atoms with Gasteiger partial charge in [0.15, 0.2) is 0 Å². The van der Waals surface area contributed by atoms with Crippen LogP contribution in [0.1, 0.15) is 90.6 Å². The lowest BCUT2D eigenvalue weighted by Crippen LogP contribution is -2.67. The highest BCUT2D eigenvalue weighted by atomic mass is 32.1. The normalized spacial score (nSPS) is 24.5. The fourth-order valence-corrected chi connectivity index (χ4v) is 11.8. The Morgan fingerprint density at radius 2 is 1.79 bits per heavy atom. The molecule has 3 N–H and O–H groups in total. The second kappa shape index (κ2) is 21.3. The average molecular weight is 1010 g/mol. The largest absolute Gasteiger partial charge is 0.462 e. The maximum Gasteiger partial charge on any atom is 0.355 e. The van der Waals surface area contributed by atoms with Crippen molar-refractivity contribution in [2.45, 2.75) is 124 Å². The molecule has 7 heterocycles. The number of nitrogens with zero attached hydrogens (tertiary/aromatic N) is 9. The molecule has 392 valence electrons. The summed E-state index contributed by atoms with van der Waals surface area (Å²) >= 11 is 1.39. The van der Waals surface area contributed by atoms with Crippen molar-refractivity contribution in [2.24, 2.45) is 11.3 Å². The van der Waals surface area contributed by atoms with E-state index in [0.29, 0.717) is 31.1 Å². The molecule has 0 spiro atoms. The number of fused-ring (bicyclic) bond motifs is 6. The lowest BCUT2D eigenvalue weighted by Gasteiger charge is -2.45. The molecule has 0 unspecified atom stereocenters. The molecule has 1 aromatic carbocycles. The fraction of sp³-hybridized carbons (Fsp3) is 0.623. The van der Waals surface area contributed by atoms with Crippen LogP contribution in [0.2, 0.25) is 0 Å². The van der Waals surface area contributed by atoms with Gasteiger partial charge in [0.25, 0.3) is 5.91 Å². The summed E-state index contributed by atoms with van der Waals surface area (Å²) in [6.07, 6.45) is 2.44. The molecule has 4 amide bonds. The Kier molecular flexibility index (Phi) is 15.7. The molecule has 6 bridgehead atoms. The number of cyclic esters (lactones) is 1. The van der Waals surface area contributed by atoms with Crippen LogP contribution in [0.4, 0.5) is 10.5 Å². The van der Waals surface area contributed by atoms with Crippen molar-refractivity contribution in [3.63, 3.8) is 0 Å². The number of pyridine rings is 1. The van der Waals surface area contributed by atoms with Gasteiger partial charge in [0.05, 0.1) is 46.7 Å². The third-order valence-electron chi connectivity index (χ3n) is 15.3. The molecule has 6 atom stereocenters. The number of anilines is 1. The van der Waals surface area contributed by atoms with Gasteiger partial charge in [0.2, 0.25) is 11.6 Å². The van der Waals surface area contributed by atoms with E-state index in [-0.39, 0.29) is 62.6 Å². The van der Waals surface area contributed by atoms with Crippen LogP contribution in [0, 0.1) is 11.3 Å². The van der Waals surface area contributed by atoms with E-state index in [1.54, 1.807) is 14.2 Å². The summed E-state index contributed by atoms with van der Waals surface area (Å²) in [5.74, 6) is -2.26. The molecule has 4 aromatic rings. The number of hydrazine groups is 1. The predicted molar refractivity (Wildman–Crippen MR) is 280 cm³/mol. The van der Waals surface area contributed by atoms with Gasteiger partial charge in [0, 0.05) is 124 Å². The Balaban J connectivity index is 1.21. The standard InChI is InChI=1S/C53H77N11O7S/c1-13-62-43-16-15-36-23-38(43)40(47(62)39-24-37(27-54-45(39)35(6)70-12)61-21-19-58(9)20-22-61)26-52(7,8)31-71-50(67)53(69)17-14-18-64(57-53)49(66)41(25-44-55-42(36)30-72-44)56-48(65)46(32(2)3)60(11)51(68)63-29-33(4)59(10)28-34(63)5/h15-16,23-24,27,30,32-35,41,46,57,69H,13-14,17-22,25-26,28-29,31H2,1-12H3,(H,56,65)/t33-,34-,35+,41+,46+,53+/m1/s1. The minimum Gasteiger partial charge on any atom is -0.462 e. The number of esters is 1. The zero-order valence-electron chi connectivity index (χ0n) is 44.5. The van der Waals surface area contributed by atoms with Gasteiger partial charge in [-0.1, -0.05) is 33.8 Å². The van der Waals surface area contributed by atoms with Crippen molar-refractivity contribution in [3.8, 4) is 22.5 Å². The van der Waals surface area contributed by atoms with E-state index < -0.39 is 41.0 Å². The van der Waals surface area contributed by atoms with Crippen LogP contribution >= 0.6 is 11.3 Å². The lowest BCUT2D eigenvalue weighted by atomic mass is 9.84. The number of carbonyl (C=O) groups is 4. The Bertz CT molecular complexity index is 2640. The number of benzene rings is 1. The number of piperazine rings is 2. The molecule has 0 saturated carbocycles. The third-order valence-corrected chi connectivity index (χ3v) is 16.2. The summed E-state index contributed by atoms with van der Waals surface area (Å²) in [7, 11) is 7.53. The number of hydrogen-bond donors (Lipinski definition) is 3. The molecule has 0 radical (unpaired) electrons. The topological polar surface area (TPSA) is 181 Å². The number of aryl methyl sites for hydroxylation is 1. The maximum atomic E-state index is 14.8. The molecule has 3 saturated heterocycles. The van der Waals surface area contributed by atoms with Crippen molar-refractivity contribution in [3.05, 3.63) is 52.1 Å². The van der Waals surface area contributed by atoms with Gasteiger partial charge in [-0.3, -0.25) is 24.5 Å². The number of thiazole rings is 1. The Morgan fingerprint density at radius 1 is 1.06 bits per heavy atom. The van der Waals surface area contributed by atoms with E-state index >= 15 is 0 Å². The molecule has 4 aliphatic heterocycles. The average Bonchev–Trinajstić information content (AvgIpc) is 3.94. The fourth-order valence-electron chi connectivity index (χ4n) is 10.9. The zero-order valence-corrected chi connectivity index (χ0v) is 45.3. The number of rotatable bonds is 9. The SMILES string of the molecule is CCn1c(-c2cc(N3CCN(C)CC3)cnc2[C@H](C)OC)c2c3cc(ccc31)-c1csc(n1)C[C@H](NC(=O)[C@H](C(C)C)N(C)C(=O)N1C[C@@H](C)N(C)C[C@H]1C)C(=O)N1CCC[C@@](O)(N1)C(=O)OCC(C)(C)C2. The van der Waals surface area contributed by atoms with Crippen LogP contribution < -0.4 is 15.6 Å². The molecule has 8 rings (SSSR count). The minimum absolute atomic E-state index is 0.00257. The van der Waals surface area contributed by atoms with Crippen LogP contribution in [0.5, 0.6) is 0 Å². The van der Waals surface area contributed by atoms with Crippen molar-refractivity contribution < 1.29 is 33.8 Å². The smallest absolute Gasteiger partial charge is 0.355 e. The van der Waals surface area contributed by atoms with Crippen molar-refractivity contribution in [1.29, 1.82) is 0 Å². The monoisotopic (exact) mass is 1010 g/mol. The third kappa shape index (κ3) is 10.7. The summed E-state index contributed by atoms with van der Waals surface area (Å²) in [5.41, 5.74) is 7.49. The number of likely N-dealkylation sites (N-methyl/N-ethyl adjacent to an activating group) is 3. The van der Waals surface area contributed by atoms with Gasteiger partial charge in [-0.25, -0.2) is 14.6 Å². The summed E-state index contributed by atoms with van der Waals surface area (Å²) in [6, 6.07) is 6.36. The number of nitrogens with one attached hydrogen (secondary N) is 2. The van der Waals surface area contributed by atoms with E-state index in [0.717, 1.165) is 76.5 Å². The van der Waals surface area contributed by atoms with Gasteiger partial charge >= 0.3 is 12.0 Å². The Hall–Kier alpha value is -5.18. The maximum absolute atomic E-state index is 14.8. The van der Waals surface area contributed by atoms with E-state index in [4.69, 9.17) is 19.4 Å². The van der Waals surface area contributed by atoms with E-state index in [2.05, 4.69) is 89.0 Å². The van der Waals surface area contributed by atoms with Gasteiger partial charge in [-0.05, 0) is 84.3 Å². The van der Waals surface area contributed by atoms with E-state index in [1.807, 2.05) is 51.2 Å². The summed E-state index contributed by atoms with van der Waals surface area (Å²) in [5, 5.41) is 19.8. The second-order valence-corrected chi connectivity index (χ2v) is 22.8. The molecule has 4 aliphatic rings. The predicted octanol–water partition coefficient (Wildman–Crippen LogP) is 5.38. The number of hydrogen-bond acceptors (Lipinski definition) is 14. The van der Waals surface area contributed by atoms with Crippen molar-refractivity contribution in [1.82, 2.24) is 49.9 Å². The first kappa shape index (κ1) is 53.1. The summed E-state index contributed by atoms with van der Waals surface area (Å²) in [4.78, 5) is 78.2. The van der Waals surface area contributed by atoms with Gasteiger partial charge in [-0.15, -0.1) is 11.3 Å². The lowest BCUT2D eigenvalue weighted by molar-refractivity contribution is -0.189. The zero-order chi connectivity index (χ0) is 52.0. The van der Waals surface area contributed by atoms with E-state index in [9.17, 15) is 24.3 Å². The molecular formula is C53H77N11O7S. The molecule has 72 heavy (non-hydrogen) atoms. The number of aliphatic hydroxyl groups is 1. The first-order chi connectivity index (χ1) is 34.1. The Morgan fingerprint density at radius 3 is 2.49 bits per heavy atom. The molecule has 19 heteroatoms. The van der Waals surface area contributed by atoms with Crippen LogP contribution in [0.15, 0.2) is 35.8 Å². The highest BCUT2D eigenvalue weighted by molar-refractivity contribution is 7.10. The first-order valence-corrected chi connectivity index (χ1v) is 26.6. The molecule has 0 aliphatic carbocycles.